The summed E-state index contributed by atoms with van der Waals surface area (Å²) < 4.78 is 33.0. The molecule has 0 N–H and O–H groups in total. The van der Waals surface area contributed by atoms with Gasteiger partial charge in [0.2, 0.25) is 0 Å². The Labute approximate surface area is 141 Å². The summed E-state index contributed by atoms with van der Waals surface area (Å²) in [6.45, 7) is 4.69. The van der Waals surface area contributed by atoms with E-state index in [0.29, 0.717) is 12.1 Å². The van der Waals surface area contributed by atoms with Crippen LogP contribution in [-0.4, -0.2) is 31.9 Å². The summed E-state index contributed by atoms with van der Waals surface area (Å²) in [5.41, 5.74) is 2.79. The van der Waals surface area contributed by atoms with E-state index in [9.17, 15) is 8.78 Å². The Balaban J connectivity index is 2.24. The van der Waals surface area contributed by atoms with Crippen LogP contribution >= 0.6 is 0 Å². The van der Waals surface area contributed by atoms with Crippen LogP contribution in [0.15, 0.2) is 35.3 Å². The van der Waals surface area contributed by atoms with Crippen molar-refractivity contribution in [2.45, 2.75) is 20.3 Å². The SMILES string of the molecule is CCN(C)/C=N/c1cc(C)c(Cc2ccc(OC)c(F)c2)cc1F. The van der Waals surface area contributed by atoms with Crippen LogP contribution in [-0.2, 0) is 6.42 Å². The van der Waals surface area contributed by atoms with Gasteiger partial charge in [-0.1, -0.05) is 6.07 Å². The highest BCUT2D eigenvalue weighted by Crippen LogP contribution is 2.25. The highest BCUT2D eigenvalue weighted by atomic mass is 19.1. The second-order valence-corrected chi connectivity index (χ2v) is 5.69. The van der Waals surface area contributed by atoms with Gasteiger partial charge >= 0.3 is 0 Å². The summed E-state index contributed by atoms with van der Waals surface area (Å²) >= 11 is 0. The standard InChI is InChI=1S/C19H22F2N2O/c1-5-23(3)12-22-18-8-13(2)15(11-16(18)20)9-14-6-7-19(24-4)17(21)10-14/h6-8,10-12H,5,9H2,1-4H3/b22-12+. The van der Waals surface area contributed by atoms with E-state index in [2.05, 4.69) is 4.99 Å². The molecule has 0 saturated heterocycles. The molecular formula is C19H22F2N2O. The monoisotopic (exact) mass is 332 g/mol. The maximum absolute atomic E-state index is 14.3. The zero-order valence-corrected chi connectivity index (χ0v) is 14.4. The van der Waals surface area contributed by atoms with E-state index in [1.165, 1.54) is 19.2 Å². The number of aryl methyl sites for hydroxylation is 1. The average molecular weight is 332 g/mol. The lowest BCUT2D eigenvalue weighted by molar-refractivity contribution is 0.386. The van der Waals surface area contributed by atoms with E-state index in [-0.39, 0.29) is 11.6 Å². The number of nitrogens with zero attached hydrogens (tertiary/aromatic N) is 2. The van der Waals surface area contributed by atoms with Gasteiger partial charge in [-0.3, -0.25) is 0 Å². The minimum absolute atomic E-state index is 0.200. The third-order valence-electron chi connectivity index (χ3n) is 3.91. The normalized spacial score (nSPS) is 11.1. The Hall–Kier alpha value is -2.43. The van der Waals surface area contributed by atoms with Crippen LogP contribution in [0.2, 0.25) is 0 Å². The van der Waals surface area contributed by atoms with E-state index in [1.807, 2.05) is 25.8 Å². The van der Waals surface area contributed by atoms with Crippen LogP contribution in [0.4, 0.5) is 14.5 Å². The third kappa shape index (κ3) is 4.31. The van der Waals surface area contributed by atoms with Crippen molar-refractivity contribution in [3.05, 3.63) is 58.7 Å². The predicted octanol–water partition coefficient (Wildman–Crippen LogP) is 4.48. The van der Waals surface area contributed by atoms with Crippen LogP contribution in [0.25, 0.3) is 0 Å². The topological polar surface area (TPSA) is 24.8 Å². The third-order valence-corrected chi connectivity index (χ3v) is 3.91. The van der Waals surface area contributed by atoms with Gasteiger partial charge in [0.25, 0.3) is 0 Å². The van der Waals surface area contributed by atoms with Crippen molar-refractivity contribution in [3.63, 3.8) is 0 Å². The van der Waals surface area contributed by atoms with Crippen molar-refractivity contribution in [2.24, 2.45) is 4.99 Å². The minimum atomic E-state index is -0.419. The minimum Gasteiger partial charge on any atom is -0.494 e. The summed E-state index contributed by atoms with van der Waals surface area (Å²) in [7, 11) is 3.30. The Morgan fingerprint density at radius 2 is 1.92 bits per heavy atom. The molecule has 128 valence electrons. The van der Waals surface area contributed by atoms with Crippen LogP contribution in [0, 0.1) is 18.6 Å². The summed E-state index contributed by atoms with van der Waals surface area (Å²) in [6, 6.07) is 7.95. The first-order valence-corrected chi connectivity index (χ1v) is 7.80. The number of rotatable bonds is 6. The lowest BCUT2D eigenvalue weighted by Gasteiger charge is -2.11. The van der Waals surface area contributed by atoms with Crippen molar-refractivity contribution < 1.29 is 13.5 Å². The van der Waals surface area contributed by atoms with Gasteiger partial charge in [0, 0.05) is 13.6 Å². The van der Waals surface area contributed by atoms with Gasteiger partial charge in [0.05, 0.1) is 13.4 Å². The second kappa shape index (κ2) is 7.90. The molecule has 0 saturated carbocycles. The van der Waals surface area contributed by atoms with Crippen molar-refractivity contribution in [2.75, 3.05) is 20.7 Å². The van der Waals surface area contributed by atoms with Gasteiger partial charge in [-0.05, 0) is 61.2 Å². The molecule has 5 heteroatoms. The molecule has 0 bridgehead atoms. The largest absolute Gasteiger partial charge is 0.494 e. The number of hydrogen-bond acceptors (Lipinski definition) is 2. The molecule has 0 aliphatic carbocycles. The Morgan fingerprint density at radius 3 is 2.54 bits per heavy atom. The van der Waals surface area contributed by atoms with Crippen LogP contribution in [0.5, 0.6) is 5.75 Å². The highest BCUT2D eigenvalue weighted by Gasteiger charge is 2.09. The Morgan fingerprint density at radius 1 is 1.17 bits per heavy atom. The number of hydrogen-bond donors (Lipinski definition) is 0. The number of methoxy groups -OCH3 is 1. The highest BCUT2D eigenvalue weighted by molar-refractivity contribution is 5.62. The molecule has 0 aromatic heterocycles. The molecule has 0 unspecified atom stereocenters. The molecule has 2 aromatic rings. The van der Waals surface area contributed by atoms with Crippen molar-refractivity contribution in [1.29, 1.82) is 0 Å². The zero-order chi connectivity index (χ0) is 17.7. The van der Waals surface area contributed by atoms with Gasteiger partial charge < -0.3 is 9.64 Å². The number of ether oxygens (including phenoxy) is 1. The summed E-state index contributed by atoms with van der Waals surface area (Å²) in [5, 5.41) is 0. The van der Waals surface area contributed by atoms with Crippen LogP contribution < -0.4 is 4.74 Å². The molecule has 0 heterocycles. The Bertz CT molecular complexity index is 744. The first-order valence-electron chi connectivity index (χ1n) is 7.80. The fourth-order valence-electron chi connectivity index (χ4n) is 2.28. The lowest BCUT2D eigenvalue weighted by Crippen LogP contribution is -2.14. The fraction of sp³-hybridized carbons (Fsp3) is 0.316. The first-order chi connectivity index (χ1) is 11.4. The molecule has 24 heavy (non-hydrogen) atoms. The Kier molecular flexibility index (Phi) is 5.90. The quantitative estimate of drug-likeness (QED) is 0.575. The van der Waals surface area contributed by atoms with E-state index in [1.54, 1.807) is 24.5 Å². The molecular weight excluding hydrogens is 310 g/mol. The van der Waals surface area contributed by atoms with E-state index in [4.69, 9.17) is 4.74 Å². The van der Waals surface area contributed by atoms with Gasteiger partial charge in [0.15, 0.2) is 11.6 Å². The van der Waals surface area contributed by atoms with E-state index in [0.717, 1.165) is 23.2 Å². The van der Waals surface area contributed by atoms with Crippen molar-refractivity contribution in [1.82, 2.24) is 4.90 Å². The summed E-state index contributed by atoms with van der Waals surface area (Å²) in [4.78, 5) is 6.04. The number of aliphatic imine (C=N–C) groups is 1. The number of benzene rings is 2. The molecule has 3 nitrogen and oxygen atoms in total. The molecule has 0 aliphatic rings. The summed E-state index contributed by atoms with van der Waals surface area (Å²) in [5.74, 6) is -0.603. The van der Waals surface area contributed by atoms with E-state index >= 15 is 0 Å². The number of halogens is 2. The van der Waals surface area contributed by atoms with Crippen LogP contribution in [0.3, 0.4) is 0 Å². The maximum atomic E-state index is 14.3. The van der Waals surface area contributed by atoms with Gasteiger partial charge in [-0.15, -0.1) is 0 Å². The lowest BCUT2D eigenvalue weighted by atomic mass is 9.99. The maximum Gasteiger partial charge on any atom is 0.165 e. The first kappa shape index (κ1) is 17.9. The molecule has 0 spiro atoms. The summed E-state index contributed by atoms with van der Waals surface area (Å²) in [6.07, 6.45) is 2.05. The molecule has 2 aromatic carbocycles. The van der Waals surface area contributed by atoms with Crippen LogP contribution in [0.1, 0.15) is 23.6 Å². The predicted molar refractivity (Wildman–Crippen MR) is 93.4 cm³/mol. The zero-order valence-electron chi connectivity index (χ0n) is 14.4. The molecule has 0 aliphatic heterocycles. The van der Waals surface area contributed by atoms with Gasteiger partial charge in [0.1, 0.15) is 11.5 Å². The van der Waals surface area contributed by atoms with Crippen molar-refractivity contribution in [3.8, 4) is 5.75 Å². The smallest absolute Gasteiger partial charge is 0.165 e. The molecule has 0 fully saturated rings. The second-order valence-electron chi connectivity index (χ2n) is 5.69. The van der Waals surface area contributed by atoms with Gasteiger partial charge in [-0.25, -0.2) is 13.8 Å². The molecule has 2 rings (SSSR count). The molecule has 0 radical (unpaired) electrons. The van der Waals surface area contributed by atoms with Crippen molar-refractivity contribution >= 4 is 12.0 Å². The van der Waals surface area contributed by atoms with E-state index < -0.39 is 5.82 Å². The average Bonchev–Trinajstić information content (AvgIpc) is 2.56. The molecule has 0 atom stereocenters. The fourth-order valence-corrected chi connectivity index (χ4v) is 2.28. The van der Waals surface area contributed by atoms with Gasteiger partial charge in [-0.2, -0.15) is 0 Å². The molecule has 0 amide bonds.